The first-order chi connectivity index (χ1) is 45.9. The van der Waals surface area contributed by atoms with E-state index in [1.165, 1.54) is 16.7 Å². The molecule has 10 nitrogen and oxygen atoms in total. The van der Waals surface area contributed by atoms with Gasteiger partial charge in [0, 0.05) is 32.8 Å². The zero-order valence-electron chi connectivity index (χ0n) is 56.1. The lowest BCUT2D eigenvalue weighted by atomic mass is 9.49. The van der Waals surface area contributed by atoms with Crippen LogP contribution in [-0.2, 0) is 38.8 Å². The highest BCUT2D eigenvalue weighted by Gasteiger charge is 2.64. The normalized spacial score (nSPS) is 19.0. The molecule has 0 unspecified atom stereocenters. The molecule has 7 aliphatic rings. The SMILES string of the molecule is CC1(C)OB(B2OC(C)(C)C(C)(C)O2)OC1(C)C.CC1(C)OB(c2cccc3c2-c2c(-c4cccc(C#N)c4)cccc2C32c3ccccc3Oc3ccccc32)OC1(C)C.N#Cc1cccc(-c2cccc3c2-c2c(Cl)cccc2C32c3ccccc3Oc3ccccc32)c1. The monoisotopic (exact) mass is 1280 g/mol. The number of hydrogen-bond acceptors (Lipinski definition) is 10. The minimum Gasteiger partial charge on any atom is -0.457 e. The van der Waals surface area contributed by atoms with E-state index in [0.717, 1.165) is 101 Å². The van der Waals surface area contributed by atoms with Crippen LogP contribution in [0.1, 0.15) is 139 Å². The summed E-state index contributed by atoms with van der Waals surface area (Å²) in [4.78, 5) is 0. The van der Waals surface area contributed by atoms with Crippen molar-refractivity contribution in [2.75, 3.05) is 0 Å². The van der Waals surface area contributed by atoms with Crippen molar-refractivity contribution in [2.45, 2.75) is 128 Å². The van der Waals surface area contributed by atoms with E-state index in [0.29, 0.717) is 16.1 Å². The second-order valence-electron chi connectivity index (χ2n) is 28.8. The molecule has 2 aliphatic carbocycles. The molecule has 0 radical (unpaired) electrons. The van der Waals surface area contributed by atoms with Crippen molar-refractivity contribution >= 4 is 38.2 Å². The molecule has 5 aliphatic heterocycles. The van der Waals surface area contributed by atoms with Crippen LogP contribution in [0.2, 0.25) is 5.02 Å². The minimum absolute atomic E-state index is 0.360. The van der Waals surface area contributed by atoms with Crippen molar-refractivity contribution in [3.63, 3.8) is 0 Å². The Morgan fingerprint density at radius 2 is 0.615 bits per heavy atom. The Bertz CT molecular complexity index is 4760. The van der Waals surface area contributed by atoms with Crippen LogP contribution in [0.5, 0.6) is 23.0 Å². The van der Waals surface area contributed by atoms with Crippen LogP contribution >= 0.6 is 11.6 Å². The first kappa shape index (κ1) is 63.1. The molecule has 0 N–H and O–H groups in total. The van der Waals surface area contributed by atoms with Crippen LogP contribution in [0.25, 0.3) is 44.5 Å². The van der Waals surface area contributed by atoms with Gasteiger partial charge in [-0.05, 0) is 204 Å². The molecule has 0 bridgehead atoms. The van der Waals surface area contributed by atoms with Gasteiger partial charge in [0.2, 0.25) is 0 Å². The van der Waals surface area contributed by atoms with Gasteiger partial charge in [-0.15, -0.1) is 0 Å². The third-order valence-corrected chi connectivity index (χ3v) is 22.2. The van der Waals surface area contributed by atoms with E-state index < -0.39 is 43.2 Å². The van der Waals surface area contributed by atoms with Crippen LogP contribution in [0.15, 0.2) is 218 Å². The summed E-state index contributed by atoms with van der Waals surface area (Å²) in [5, 5.41) is 20.0. The highest BCUT2D eigenvalue weighted by molar-refractivity contribution is 7.11. The highest BCUT2D eigenvalue weighted by Crippen LogP contribution is 2.66. The van der Waals surface area contributed by atoms with E-state index in [-0.39, 0.29) is 22.4 Å². The van der Waals surface area contributed by atoms with Crippen molar-refractivity contribution in [3.05, 3.63) is 279 Å². The van der Waals surface area contributed by atoms with Gasteiger partial charge in [0.25, 0.3) is 0 Å². The van der Waals surface area contributed by atoms with Gasteiger partial charge in [0.1, 0.15) is 23.0 Å². The predicted octanol–water partition coefficient (Wildman–Crippen LogP) is 18.6. The van der Waals surface area contributed by atoms with E-state index in [1.807, 2.05) is 140 Å². The van der Waals surface area contributed by atoms with E-state index in [4.69, 9.17) is 49.0 Å². The van der Waals surface area contributed by atoms with E-state index >= 15 is 0 Å². The number of nitrogens with zero attached hydrogens (tertiary/aromatic N) is 2. The predicted molar refractivity (Wildman–Crippen MR) is 381 cm³/mol. The Morgan fingerprint density at radius 1 is 0.312 bits per heavy atom. The topological polar surface area (TPSA) is 121 Å². The molecule has 2 spiro atoms. The minimum atomic E-state index is -0.626. The molecule has 3 saturated heterocycles. The molecule has 474 valence electrons. The molecule has 10 aromatic rings. The Kier molecular flexibility index (Phi) is 14.8. The zero-order chi connectivity index (χ0) is 67.1. The summed E-state index contributed by atoms with van der Waals surface area (Å²) >= 11 is 6.99. The smallest absolute Gasteiger partial charge is 0.457 e. The van der Waals surface area contributed by atoms with Crippen LogP contribution < -0.4 is 14.9 Å². The second-order valence-corrected chi connectivity index (χ2v) is 29.2. The van der Waals surface area contributed by atoms with Crippen molar-refractivity contribution in [1.29, 1.82) is 10.5 Å². The lowest BCUT2D eigenvalue weighted by Gasteiger charge is -2.39. The van der Waals surface area contributed by atoms with Gasteiger partial charge >= 0.3 is 21.1 Å². The average Bonchev–Trinajstić information content (AvgIpc) is 1.52. The molecule has 0 atom stereocenters. The van der Waals surface area contributed by atoms with Crippen molar-refractivity contribution in [3.8, 4) is 79.6 Å². The molecule has 5 heterocycles. The molecule has 14 heteroatoms. The Hall–Kier alpha value is -8.98. The maximum atomic E-state index is 9.77. The van der Waals surface area contributed by atoms with Gasteiger partial charge < -0.3 is 37.4 Å². The maximum absolute atomic E-state index is 9.77. The van der Waals surface area contributed by atoms with E-state index in [2.05, 4.69) is 173 Å². The number of benzene rings is 10. The first-order valence-electron chi connectivity index (χ1n) is 32.9. The summed E-state index contributed by atoms with van der Waals surface area (Å²) in [6, 6.07) is 79.2. The Labute approximate surface area is 569 Å². The van der Waals surface area contributed by atoms with Crippen LogP contribution in [0, 0.1) is 22.7 Å². The van der Waals surface area contributed by atoms with Crippen molar-refractivity contribution in [2.24, 2.45) is 0 Å². The number of fused-ring (bicyclic) bond motifs is 18. The van der Waals surface area contributed by atoms with Gasteiger partial charge in [0.15, 0.2) is 0 Å². The molecule has 10 aromatic carbocycles. The van der Waals surface area contributed by atoms with Crippen LogP contribution in [0.3, 0.4) is 0 Å². The molecule has 0 amide bonds. The fourth-order valence-electron chi connectivity index (χ4n) is 15.1. The molecule has 17 rings (SSSR count). The number of para-hydroxylation sites is 4. The number of hydrogen-bond donors (Lipinski definition) is 0. The number of ether oxygens (including phenoxy) is 2. The lowest BCUT2D eigenvalue weighted by Crippen LogP contribution is -2.41. The van der Waals surface area contributed by atoms with Gasteiger partial charge in [0.05, 0.1) is 67.7 Å². The fraction of sp³-hybridized carbons (Fsp3) is 0.244. The van der Waals surface area contributed by atoms with Crippen LogP contribution in [-0.4, -0.2) is 54.7 Å². The molecule has 0 aromatic heterocycles. The van der Waals surface area contributed by atoms with Gasteiger partial charge in [-0.1, -0.05) is 175 Å². The second kappa shape index (κ2) is 22.6. The summed E-state index contributed by atoms with van der Waals surface area (Å²) in [5.74, 6) is 3.39. The third-order valence-electron chi connectivity index (χ3n) is 21.8. The van der Waals surface area contributed by atoms with Gasteiger partial charge in [-0.2, -0.15) is 10.5 Å². The number of halogens is 1. The fourth-order valence-corrected chi connectivity index (χ4v) is 15.4. The molecule has 0 saturated carbocycles. The number of nitriles is 2. The standard InChI is InChI=1S/C38H30BNO3.C32H18ClNO.C12H24B2O4/c1-36(2)37(3,4)43-39(42-36)31-19-11-18-30-35(31)34-26(25-13-9-12-24(22-25)23-40)14-10-17-29(34)38(30)27-15-5-7-20-32(27)41-33-21-8-6-16-28(33)38;33-27-15-7-14-26-31(27)30-22(21-9-5-8-20(18-21)19-34)10-6-13-25(30)32(26)23-11-1-3-16-28(23)35-29-17-4-2-12-24(29)32;1-9(2)10(3,4)16-13(15-9)14-17-11(5,6)12(7,8)18-14/h5-22H,1-4H3;1-18H;1-8H3. The average molecular weight is 1280 g/mol. The summed E-state index contributed by atoms with van der Waals surface area (Å²) in [6.07, 6.45) is 0. The Morgan fingerprint density at radius 3 is 1.00 bits per heavy atom. The maximum Gasteiger partial charge on any atom is 0.495 e. The van der Waals surface area contributed by atoms with Gasteiger partial charge in [-0.3, -0.25) is 0 Å². The van der Waals surface area contributed by atoms with Crippen LogP contribution in [0.4, 0.5) is 0 Å². The summed E-state index contributed by atoms with van der Waals surface area (Å²) < 4.78 is 50.2. The summed E-state index contributed by atoms with van der Waals surface area (Å²) in [7, 11) is -1.50. The quantitative estimate of drug-likeness (QED) is 0.157. The largest absolute Gasteiger partial charge is 0.495 e. The lowest BCUT2D eigenvalue weighted by molar-refractivity contribution is 0.00578. The Balaban J connectivity index is 0.000000128. The van der Waals surface area contributed by atoms with E-state index in [9.17, 15) is 10.5 Å². The number of rotatable bonds is 4. The molecular formula is C82H72B3ClN2O8. The molecule has 3 fully saturated rings. The zero-order valence-corrected chi connectivity index (χ0v) is 56.8. The molecular weight excluding hydrogens is 1210 g/mol. The third kappa shape index (κ3) is 9.45. The van der Waals surface area contributed by atoms with Crippen molar-refractivity contribution < 1.29 is 37.4 Å². The summed E-state index contributed by atoms with van der Waals surface area (Å²) in [5.41, 5.74) is 16.2. The van der Waals surface area contributed by atoms with E-state index in [1.54, 1.807) is 0 Å². The first-order valence-corrected chi connectivity index (χ1v) is 33.3. The molecule has 96 heavy (non-hydrogen) atoms. The summed E-state index contributed by atoms with van der Waals surface area (Å²) in [6.45, 7) is 24.6. The van der Waals surface area contributed by atoms with Crippen molar-refractivity contribution in [1.82, 2.24) is 0 Å². The highest BCUT2D eigenvalue weighted by atomic mass is 35.5. The van der Waals surface area contributed by atoms with Gasteiger partial charge in [-0.25, -0.2) is 0 Å².